The zero-order valence-corrected chi connectivity index (χ0v) is 16.3. The van der Waals surface area contributed by atoms with Crippen LogP contribution in [0.3, 0.4) is 0 Å². The van der Waals surface area contributed by atoms with Crippen molar-refractivity contribution in [1.29, 1.82) is 0 Å². The number of H-pyrrole nitrogens is 1. The molecule has 0 spiro atoms. The molecule has 0 saturated heterocycles. The molecule has 0 bridgehead atoms. The van der Waals surface area contributed by atoms with Crippen molar-refractivity contribution in [1.82, 2.24) is 15.0 Å². The Morgan fingerprint density at radius 2 is 2.14 bits per heavy atom. The van der Waals surface area contributed by atoms with Crippen LogP contribution in [0.2, 0.25) is 5.02 Å². The number of para-hydroxylation sites is 1. The summed E-state index contributed by atoms with van der Waals surface area (Å²) in [5.74, 6) is 0.893. The highest BCUT2D eigenvalue weighted by Gasteiger charge is 2.33. The average molecular weight is 398 g/mol. The first-order valence-corrected chi connectivity index (χ1v) is 9.52. The number of carbonyl (C=O) groups excluding carboxylic acids is 1. The minimum atomic E-state index is -0.339. The molecule has 7 nitrogen and oxygen atoms in total. The van der Waals surface area contributed by atoms with Gasteiger partial charge in [-0.25, -0.2) is 4.98 Å². The van der Waals surface area contributed by atoms with Crippen molar-refractivity contribution >= 4 is 40.2 Å². The maximum absolute atomic E-state index is 12.5. The third-order valence-corrected chi connectivity index (χ3v) is 5.12. The highest BCUT2D eigenvalue weighted by atomic mass is 35.5. The summed E-state index contributed by atoms with van der Waals surface area (Å²) in [7, 11) is 0. The van der Waals surface area contributed by atoms with Crippen LogP contribution in [0.1, 0.15) is 38.3 Å². The van der Waals surface area contributed by atoms with Crippen LogP contribution >= 0.6 is 11.6 Å². The van der Waals surface area contributed by atoms with Gasteiger partial charge in [-0.2, -0.15) is 4.98 Å². The first-order valence-electron chi connectivity index (χ1n) is 9.15. The van der Waals surface area contributed by atoms with E-state index in [1.165, 1.54) is 6.92 Å². The third kappa shape index (κ3) is 3.57. The highest BCUT2D eigenvalue weighted by Crippen LogP contribution is 2.31. The Hall–Kier alpha value is -2.93. The molecule has 8 heteroatoms. The summed E-state index contributed by atoms with van der Waals surface area (Å²) in [4.78, 5) is 37.7. The lowest BCUT2D eigenvalue weighted by molar-refractivity contribution is -0.116. The summed E-state index contributed by atoms with van der Waals surface area (Å²) in [5, 5.41) is 4.51. The molecule has 144 valence electrons. The van der Waals surface area contributed by atoms with E-state index in [1.54, 1.807) is 23.2 Å². The topological polar surface area (TPSA) is 91.0 Å². The highest BCUT2D eigenvalue weighted by molar-refractivity contribution is 6.35. The number of benzene rings is 1. The average Bonchev–Trinajstić information content (AvgIpc) is 3.47. The molecule has 1 aliphatic carbocycles. The molecular formula is C20H20ClN5O2. The minimum Gasteiger partial charge on any atom is -0.347 e. The summed E-state index contributed by atoms with van der Waals surface area (Å²) in [5.41, 5.74) is 0.944. The number of hydrogen-bond acceptors (Lipinski definition) is 5. The molecule has 1 amide bonds. The van der Waals surface area contributed by atoms with E-state index in [-0.39, 0.29) is 23.6 Å². The van der Waals surface area contributed by atoms with Gasteiger partial charge in [0.2, 0.25) is 11.9 Å². The second kappa shape index (κ2) is 7.24. The number of rotatable bonds is 5. The van der Waals surface area contributed by atoms with Gasteiger partial charge in [-0.15, -0.1) is 0 Å². The number of nitrogens with zero attached hydrogens (tertiary/aromatic N) is 3. The third-order valence-electron chi connectivity index (χ3n) is 4.81. The Bertz CT molecular complexity index is 1110. The Kier molecular flexibility index (Phi) is 4.77. The van der Waals surface area contributed by atoms with E-state index < -0.39 is 0 Å². The summed E-state index contributed by atoms with van der Waals surface area (Å²) < 4.78 is 0. The number of carbonyl (C=O) groups is 1. The van der Waals surface area contributed by atoms with Crippen LogP contribution in [0.4, 0.5) is 11.8 Å². The van der Waals surface area contributed by atoms with E-state index in [4.69, 9.17) is 11.6 Å². The predicted molar refractivity (Wildman–Crippen MR) is 110 cm³/mol. The number of hydrogen-bond donors (Lipinski definition) is 2. The lowest BCUT2D eigenvalue weighted by Gasteiger charge is -2.20. The number of halogens is 1. The van der Waals surface area contributed by atoms with Crippen molar-refractivity contribution in [2.45, 2.75) is 38.8 Å². The molecule has 0 radical (unpaired) electrons. The molecule has 0 aliphatic heterocycles. The zero-order valence-electron chi connectivity index (χ0n) is 15.6. The van der Waals surface area contributed by atoms with Crippen LogP contribution in [0.5, 0.6) is 0 Å². The van der Waals surface area contributed by atoms with Crippen LogP contribution in [-0.2, 0) is 4.79 Å². The molecule has 2 N–H and O–H groups in total. The normalized spacial score (nSPS) is 14.7. The van der Waals surface area contributed by atoms with E-state index in [0.29, 0.717) is 27.9 Å². The number of pyridine rings is 1. The van der Waals surface area contributed by atoms with Gasteiger partial charge in [-0.05, 0) is 38.0 Å². The number of anilines is 2. The first-order chi connectivity index (χ1) is 13.4. The quantitative estimate of drug-likeness (QED) is 0.685. The number of nitrogens with one attached hydrogen (secondary N) is 2. The number of fused-ring (bicyclic) bond motifs is 1. The van der Waals surface area contributed by atoms with Gasteiger partial charge >= 0.3 is 0 Å². The van der Waals surface area contributed by atoms with Gasteiger partial charge in [0.05, 0.1) is 16.6 Å². The van der Waals surface area contributed by atoms with Crippen molar-refractivity contribution in [3.63, 3.8) is 0 Å². The van der Waals surface area contributed by atoms with E-state index in [2.05, 4.69) is 20.3 Å². The van der Waals surface area contributed by atoms with E-state index in [9.17, 15) is 9.59 Å². The van der Waals surface area contributed by atoms with Gasteiger partial charge in [-0.3, -0.25) is 14.5 Å². The first kappa shape index (κ1) is 18.4. The van der Waals surface area contributed by atoms with Crippen molar-refractivity contribution < 1.29 is 4.79 Å². The van der Waals surface area contributed by atoms with Gasteiger partial charge in [0.25, 0.3) is 5.56 Å². The Labute approximate surface area is 166 Å². The molecule has 1 aliphatic rings. The second-order valence-corrected chi connectivity index (χ2v) is 7.39. The summed E-state index contributed by atoms with van der Waals surface area (Å²) in [6.07, 6.45) is 3.58. The van der Waals surface area contributed by atoms with Crippen molar-refractivity contribution in [2.75, 3.05) is 10.2 Å². The molecular weight excluding hydrogens is 378 g/mol. The van der Waals surface area contributed by atoms with E-state index in [1.807, 2.05) is 25.1 Å². The fourth-order valence-electron chi connectivity index (χ4n) is 3.30. The lowest BCUT2D eigenvalue weighted by Crippen LogP contribution is -2.31. The molecule has 0 unspecified atom stereocenters. The van der Waals surface area contributed by atoms with Crippen LogP contribution in [0, 0.1) is 0 Å². The van der Waals surface area contributed by atoms with Gasteiger partial charge in [0, 0.05) is 30.1 Å². The SMILES string of the molecule is CC(=O)N(c1ccnc(N[C@@H](C)c2cc3cccc(Cl)c3[nH]c2=O)n1)C1CC1. The Morgan fingerprint density at radius 3 is 2.86 bits per heavy atom. The van der Waals surface area contributed by atoms with Gasteiger partial charge in [0.15, 0.2) is 0 Å². The van der Waals surface area contributed by atoms with Crippen LogP contribution in [0.25, 0.3) is 10.9 Å². The number of aromatic amines is 1. The van der Waals surface area contributed by atoms with Gasteiger partial charge in [-0.1, -0.05) is 23.7 Å². The van der Waals surface area contributed by atoms with Crippen molar-refractivity contribution in [3.05, 3.63) is 57.5 Å². The number of amides is 1. The van der Waals surface area contributed by atoms with E-state index >= 15 is 0 Å². The van der Waals surface area contributed by atoms with Crippen LogP contribution in [-0.4, -0.2) is 26.9 Å². The monoisotopic (exact) mass is 397 g/mol. The molecule has 1 aromatic carbocycles. The molecule has 2 heterocycles. The minimum absolute atomic E-state index is 0.0388. The summed E-state index contributed by atoms with van der Waals surface area (Å²) in [6.45, 7) is 3.40. The molecule has 28 heavy (non-hydrogen) atoms. The van der Waals surface area contributed by atoms with Gasteiger partial charge in [0.1, 0.15) is 5.82 Å². The molecule has 1 atom stereocenters. The van der Waals surface area contributed by atoms with E-state index in [0.717, 1.165) is 18.2 Å². The smallest absolute Gasteiger partial charge is 0.253 e. The van der Waals surface area contributed by atoms with Crippen molar-refractivity contribution in [3.8, 4) is 0 Å². The maximum Gasteiger partial charge on any atom is 0.253 e. The fraction of sp³-hybridized carbons (Fsp3) is 0.300. The summed E-state index contributed by atoms with van der Waals surface area (Å²) in [6, 6.07) is 8.88. The molecule has 4 rings (SSSR count). The largest absolute Gasteiger partial charge is 0.347 e. The second-order valence-electron chi connectivity index (χ2n) is 6.98. The maximum atomic E-state index is 12.5. The summed E-state index contributed by atoms with van der Waals surface area (Å²) >= 11 is 6.16. The van der Waals surface area contributed by atoms with Crippen LogP contribution < -0.4 is 15.8 Å². The molecule has 3 aromatic rings. The fourth-order valence-corrected chi connectivity index (χ4v) is 3.52. The zero-order chi connectivity index (χ0) is 19.8. The van der Waals surface area contributed by atoms with Gasteiger partial charge < -0.3 is 10.3 Å². The number of aromatic nitrogens is 3. The Morgan fingerprint density at radius 1 is 1.36 bits per heavy atom. The standard InChI is InChI=1S/C20H20ClN5O2/c1-11(15-10-13-4-3-5-16(21)18(13)25-19(15)28)23-20-22-9-8-17(24-20)26(12(2)27)14-6-7-14/h3-5,8-11,14H,6-7H2,1-2H3,(H,25,28)(H,22,23,24)/t11-/m0/s1. The lowest BCUT2D eigenvalue weighted by atomic mass is 10.1. The molecule has 2 aromatic heterocycles. The van der Waals surface area contributed by atoms with Crippen LogP contribution in [0.15, 0.2) is 41.3 Å². The Balaban J connectivity index is 1.62. The van der Waals surface area contributed by atoms with Crippen molar-refractivity contribution in [2.24, 2.45) is 0 Å². The molecule has 1 fully saturated rings. The molecule has 1 saturated carbocycles. The predicted octanol–water partition coefficient (Wildman–Crippen LogP) is 3.66.